The first kappa shape index (κ1) is 19.7. The van der Waals surface area contributed by atoms with E-state index in [0.29, 0.717) is 27.5 Å². The summed E-state index contributed by atoms with van der Waals surface area (Å²) in [6.07, 6.45) is -1.52. The van der Waals surface area contributed by atoms with Gasteiger partial charge in [0.1, 0.15) is 23.7 Å². The van der Waals surface area contributed by atoms with Gasteiger partial charge < -0.3 is 14.6 Å². The second-order valence-corrected chi connectivity index (χ2v) is 8.82. The van der Waals surface area contributed by atoms with Crippen molar-refractivity contribution < 1.29 is 23.0 Å². The van der Waals surface area contributed by atoms with Crippen molar-refractivity contribution in [3.05, 3.63) is 53.1 Å². The second kappa shape index (κ2) is 7.50. The van der Waals surface area contributed by atoms with Crippen molar-refractivity contribution in [2.24, 2.45) is 0 Å². The van der Waals surface area contributed by atoms with Crippen LogP contribution in [0.25, 0.3) is 0 Å². The predicted octanol–water partition coefficient (Wildman–Crippen LogP) is 2.43. The molecule has 1 aliphatic rings. The molecule has 6 nitrogen and oxygen atoms in total. The van der Waals surface area contributed by atoms with Crippen LogP contribution in [0.1, 0.15) is 16.7 Å². The minimum absolute atomic E-state index is 0.00983. The molecule has 2 aromatic rings. The van der Waals surface area contributed by atoms with Gasteiger partial charge in [0.2, 0.25) is 10.0 Å². The quantitative estimate of drug-likeness (QED) is 0.847. The summed E-state index contributed by atoms with van der Waals surface area (Å²) in [6, 6.07) is 10.7. The monoisotopic (exact) mass is 391 g/mol. The highest BCUT2D eigenvalue weighted by molar-refractivity contribution is 7.89. The maximum absolute atomic E-state index is 13.2. The molecule has 1 aliphatic heterocycles. The van der Waals surface area contributed by atoms with Crippen molar-refractivity contribution in [3.8, 4) is 11.5 Å². The largest absolute Gasteiger partial charge is 0.497 e. The third-order valence-corrected chi connectivity index (χ3v) is 6.89. The van der Waals surface area contributed by atoms with E-state index in [-0.39, 0.29) is 13.1 Å². The number of methoxy groups -OCH3 is 1. The first-order chi connectivity index (χ1) is 12.7. The van der Waals surface area contributed by atoms with Gasteiger partial charge in [-0.1, -0.05) is 17.7 Å². The van der Waals surface area contributed by atoms with Gasteiger partial charge in [-0.25, -0.2) is 8.42 Å². The Morgan fingerprint density at radius 2 is 1.56 bits per heavy atom. The lowest BCUT2D eigenvalue weighted by atomic mass is 10.1. The maximum Gasteiger partial charge on any atom is 0.243 e. The van der Waals surface area contributed by atoms with Crippen LogP contribution >= 0.6 is 0 Å². The van der Waals surface area contributed by atoms with E-state index >= 15 is 0 Å². The molecule has 0 bridgehead atoms. The average Bonchev–Trinajstić information content (AvgIpc) is 2.96. The second-order valence-electron chi connectivity index (χ2n) is 6.95. The standard InChI is InChI=1S/C20H25NO5S/c1-13-9-14(2)20(15(3)10-13)27(23,24)21-11-18(22)19(12-21)26-17-7-5-16(25-4)6-8-17/h5-10,18-19,22H,11-12H2,1-4H3/t18-,19-/m1/s1. The summed E-state index contributed by atoms with van der Waals surface area (Å²) in [6.45, 7) is 5.64. The number of aryl methyl sites for hydroxylation is 3. The Kier molecular flexibility index (Phi) is 5.46. The molecule has 2 aromatic carbocycles. The number of ether oxygens (including phenoxy) is 2. The molecule has 1 N–H and O–H groups in total. The minimum Gasteiger partial charge on any atom is -0.497 e. The topological polar surface area (TPSA) is 76.1 Å². The number of aliphatic hydroxyl groups excluding tert-OH is 1. The number of rotatable bonds is 5. The third-order valence-electron chi connectivity index (χ3n) is 4.75. The van der Waals surface area contributed by atoms with E-state index in [2.05, 4.69) is 0 Å². The zero-order valence-corrected chi connectivity index (χ0v) is 16.8. The Labute approximate surface area is 160 Å². The lowest BCUT2D eigenvalue weighted by Gasteiger charge is -2.20. The Hall–Kier alpha value is -2.09. The molecule has 0 spiro atoms. The number of hydrogen-bond donors (Lipinski definition) is 1. The minimum atomic E-state index is -3.71. The molecule has 2 atom stereocenters. The van der Waals surface area contributed by atoms with Gasteiger partial charge in [-0.05, 0) is 56.2 Å². The van der Waals surface area contributed by atoms with Crippen molar-refractivity contribution in [3.63, 3.8) is 0 Å². The molecule has 0 unspecified atom stereocenters. The van der Waals surface area contributed by atoms with Crippen LogP contribution in [0, 0.1) is 20.8 Å². The molecular formula is C20H25NO5S. The van der Waals surface area contributed by atoms with Gasteiger partial charge >= 0.3 is 0 Å². The fourth-order valence-corrected chi connectivity index (χ4v) is 5.45. The number of nitrogens with zero attached hydrogens (tertiary/aromatic N) is 1. The van der Waals surface area contributed by atoms with Crippen molar-refractivity contribution >= 4 is 10.0 Å². The number of sulfonamides is 1. The fraction of sp³-hybridized carbons (Fsp3) is 0.400. The summed E-state index contributed by atoms with van der Waals surface area (Å²) in [5.41, 5.74) is 2.44. The summed E-state index contributed by atoms with van der Waals surface area (Å²) in [7, 11) is -2.13. The Morgan fingerprint density at radius 1 is 1.00 bits per heavy atom. The van der Waals surface area contributed by atoms with Crippen LogP contribution in [0.2, 0.25) is 0 Å². The number of hydrogen-bond acceptors (Lipinski definition) is 5. The summed E-state index contributed by atoms with van der Waals surface area (Å²) < 4.78 is 38.5. The van der Waals surface area contributed by atoms with E-state index in [1.165, 1.54) is 4.31 Å². The molecule has 27 heavy (non-hydrogen) atoms. The molecule has 3 rings (SSSR count). The Morgan fingerprint density at radius 3 is 2.11 bits per heavy atom. The Bertz CT molecular complexity index is 901. The molecule has 0 saturated carbocycles. The van der Waals surface area contributed by atoms with Gasteiger partial charge in [0.15, 0.2) is 0 Å². The molecular weight excluding hydrogens is 366 g/mol. The van der Waals surface area contributed by atoms with Gasteiger partial charge in [0.05, 0.1) is 18.6 Å². The average molecular weight is 391 g/mol. The first-order valence-corrected chi connectivity index (χ1v) is 10.2. The van der Waals surface area contributed by atoms with E-state index in [4.69, 9.17) is 9.47 Å². The molecule has 0 aromatic heterocycles. The van der Waals surface area contributed by atoms with Crippen LogP contribution in [-0.4, -0.2) is 50.2 Å². The van der Waals surface area contributed by atoms with E-state index in [1.54, 1.807) is 45.2 Å². The number of β-amino-alcohol motifs (C(OH)–C–C–N with tert-alkyl or cyclic N) is 1. The van der Waals surface area contributed by atoms with Crippen molar-refractivity contribution in [1.29, 1.82) is 0 Å². The predicted molar refractivity (Wildman–Crippen MR) is 103 cm³/mol. The van der Waals surface area contributed by atoms with Crippen molar-refractivity contribution in [1.82, 2.24) is 4.31 Å². The summed E-state index contributed by atoms with van der Waals surface area (Å²) in [4.78, 5) is 0.311. The van der Waals surface area contributed by atoms with E-state index in [0.717, 1.165) is 5.56 Å². The maximum atomic E-state index is 13.2. The normalized spacial score (nSPS) is 20.6. The van der Waals surface area contributed by atoms with E-state index in [1.807, 2.05) is 19.1 Å². The van der Waals surface area contributed by atoms with E-state index in [9.17, 15) is 13.5 Å². The molecule has 1 fully saturated rings. The lowest BCUT2D eigenvalue weighted by molar-refractivity contribution is 0.0737. The van der Waals surface area contributed by atoms with Gasteiger partial charge in [-0.15, -0.1) is 0 Å². The van der Waals surface area contributed by atoms with Gasteiger partial charge in [0, 0.05) is 6.54 Å². The molecule has 146 valence electrons. The highest BCUT2D eigenvalue weighted by Crippen LogP contribution is 2.29. The van der Waals surface area contributed by atoms with Crippen LogP contribution in [-0.2, 0) is 10.0 Å². The van der Waals surface area contributed by atoms with Crippen LogP contribution in [0.5, 0.6) is 11.5 Å². The molecule has 7 heteroatoms. The zero-order chi connectivity index (χ0) is 19.8. The SMILES string of the molecule is COc1ccc(O[C@@H]2CN(S(=O)(=O)c3c(C)cc(C)cc3C)C[C@H]2O)cc1. The van der Waals surface area contributed by atoms with Gasteiger partial charge in [0.25, 0.3) is 0 Å². The van der Waals surface area contributed by atoms with Crippen LogP contribution < -0.4 is 9.47 Å². The fourth-order valence-electron chi connectivity index (χ4n) is 3.57. The first-order valence-electron chi connectivity index (χ1n) is 8.79. The van der Waals surface area contributed by atoms with Gasteiger partial charge in [-0.2, -0.15) is 4.31 Å². The van der Waals surface area contributed by atoms with Gasteiger partial charge in [-0.3, -0.25) is 0 Å². The van der Waals surface area contributed by atoms with E-state index < -0.39 is 22.2 Å². The molecule has 0 aliphatic carbocycles. The highest BCUT2D eigenvalue weighted by atomic mass is 32.2. The smallest absolute Gasteiger partial charge is 0.243 e. The molecule has 1 saturated heterocycles. The summed E-state index contributed by atoms with van der Waals surface area (Å²) >= 11 is 0. The van der Waals surface area contributed by atoms with Crippen LogP contribution in [0.4, 0.5) is 0 Å². The molecule has 0 amide bonds. The number of benzene rings is 2. The molecule has 0 radical (unpaired) electrons. The van der Waals surface area contributed by atoms with Crippen molar-refractivity contribution in [2.45, 2.75) is 37.9 Å². The van der Waals surface area contributed by atoms with Crippen LogP contribution in [0.15, 0.2) is 41.3 Å². The van der Waals surface area contributed by atoms with Crippen molar-refractivity contribution in [2.75, 3.05) is 20.2 Å². The third kappa shape index (κ3) is 3.95. The lowest BCUT2D eigenvalue weighted by Crippen LogP contribution is -2.32. The zero-order valence-electron chi connectivity index (χ0n) is 16.0. The Balaban J connectivity index is 1.80. The summed E-state index contributed by atoms with van der Waals surface area (Å²) in [5, 5.41) is 10.4. The highest BCUT2D eigenvalue weighted by Gasteiger charge is 2.40. The molecule has 1 heterocycles. The summed E-state index contributed by atoms with van der Waals surface area (Å²) in [5.74, 6) is 1.26. The number of aliphatic hydroxyl groups is 1. The van der Waals surface area contributed by atoms with Crippen LogP contribution in [0.3, 0.4) is 0 Å².